The molecule has 0 aliphatic heterocycles. The predicted molar refractivity (Wildman–Crippen MR) is 74.2 cm³/mol. The van der Waals surface area contributed by atoms with Crippen LogP contribution in [0.25, 0.3) is 0 Å². The van der Waals surface area contributed by atoms with Crippen molar-refractivity contribution in [2.24, 2.45) is 0 Å². The third kappa shape index (κ3) is 7.31. The molecule has 118 valence electrons. The lowest BCUT2D eigenvalue weighted by Gasteiger charge is -2.30. The van der Waals surface area contributed by atoms with Crippen LogP contribution in [0.5, 0.6) is 0 Å². The molecule has 0 aliphatic rings. The summed E-state index contributed by atoms with van der Waals surface area (Å²) in [6, 6.07) is -0.857. The maximum atomic E-state index is 13.6. The predicted octanol–water partition coefficient (Wildman–Crippen LogP) is 2.92. The highest BCUT2D eigenvalue weighted by Gasteiger charge is 2.32. The molecule has 20 heavy (non-hydrogen) atoms. The third-order valence-electron chi connectivity index (χ3n) is 2.63. The minimum atomic E-state index is -1.42. The number of rotatable bonds is 5. The highest BCUT2D eigenvalue weighted by molar-refractivity contribution is 5.81. The summed E-state index contributed by atoms with van der Waals surface area (Å²) in [6.45, 7) is 8.05. The number of carbonyl (C=O) groups excluding carboxylic acids is 2. The van der Waals surface area contributed by atoms with Gasteiger partial charge in [0.1, 0.15) is 17.3 Å². The van der Waals surface area contributed by atoms with E-state index < -0.39 is 29.4 Å². The summed E-state index contributed by atoms with van der Waals surface area (Å²) in [6.07, 6.45) is -0.323. The molecule has 0 spiro atoms. The number of nitrogens with zero attached hydrogens (tertiary/aromatic N) is 1. The summed E-state index contributed by atoms with van der Waals surface area (Å²) >= 11 is 0. The fourth-order valence-corrected chi connectivity index (χ4v) is 1.55. The van der Waals surface area contributed by atoms with Crippen LogP contribution in [-0.2, 0) is 14.3 Å². The van der Waals surface area contributed by atoms with Crippen LogP contribution in [0.2, 0.25) is 0 Å². The molecule has 0 N–H and O–H groups in total. The van der Waals surface area contributed by atoms with E-state index in [0.29, 0.717) is 0 Å². The smallest absolute Gasteiger partial charge is 0.410 e. The second-order valence-electron chi connectivity index (χ2n) is 6.39. The van der Waals surface area contributed by atoms with Gasteiger partial charge in [0.2, 0.25) is 0 Å². The van der Waals surface area contributed by atoms with Crippen LogP contribution in [0.15, 0.2) is 0 Å². The van der Waals surface area contributed by atoms with E-state index in [2.05, 4.69) is 4.74 Å². The molecule has 1 amide bonds. The molecule has 0 rings (SSSR count). The molecule has 6 heteroatoms. The quantitative estimate of drug-likeness (QED) is 0.731. The zero-order chi connectivity index (χ0) is 16.1. The molecule has 0 aromatic heterocycles. The van der Waals surface area contributed by atoms with E-state index in [4.69, 9.17) is 4.74 Å². The first-order valence-corrected chi connectivity index (χ1v) is 6.60. The van der Waals surface area contributed by atoms with Gasteiger partial charge in [-0.1, -0.05) is 0 Å². The molecule has 5 nitrogen and oxygen atoms in total. The van der Waals surface area contributed by atoms with Gasteiger partial charge in [0.25, 0.3) is 0 Å². The van der Waals surface area contributed by atoms with Crippen LogP contribution in [0.1, 0.15) is 47.5 Å². The Kier molecular flexibility index (Phi) is 6.44. The van der Waals surface area contributed by atoms with Gasteiger partial charge in [-0.05, 0) is 47.5 Å². The Morgan fingerprint density at radius 1 is 1.20 bits per heavy atom. The summed E-state index contributed by atoms with van der Waals surface area (Å²) < 4.78 is 23.4. The van der Waals surface area contributed by atoms with E-state index in [-0.39, 0.29) is 12.8 Å². The van der Waals surface area contributed by atoms with Gasteiger partial charge in [-0.3, -0.25) is 4.90 Å². The zero-order valence-electron chi connectivity index (χ0n) is 13.4. The third-order valence-corrected chi connectivity index (χ3v) is 2.63. The molecule has 0 aromatic rings. The standard InChI is InChI=1S/C14H26FNO4/c1-13(2,3)20-12(18)16(6)10(11(17)19-7)8-9-14(4,5)15/h10H,8-9H2,1-7H3/t10-/m0/s1. The number of halogens is 1. The van der Waals surface area contributed by atoms with Crippen molar-refractivity contribution in [2.45, 2.75) is 64.8 Å². The van der Waals surface area contributed by atoms with Crippen LogP contribution < -0.4 is 0 Å². The Morgan fingerprint density at radius 3 is 2.05 bits per heavy atom. The molecule has 0 saturated carbocycles. The molecule has 0 heterocycles. The van der Waals surface area contributed by atoms with Gasteiger partial charge in [0, 0.05) is 7.05 Å². The lowest BCUT2D eigenvalue weighted by molar-refractivity contribution is -0.146. The van der Waals surface area contributed by atoms with E-state index in [1.807, 2.05) is 0 Å². The van der Waals surface area contributed by atoms with E-state index >= 15 is 0 Å². The summed E-state index contributed by atoms with van der Waals surface area (Å²) in [7, 11) is 2.68. The highest BCUT2D eigenvalue weighted by Crippen LogP contribution is 2.21. The number of likely N-dealkylation sites (N-methyl/N-ethyl adjacent to an activating group) is 1. The van der Waals surface area contributed by atoms with Crippen molar-refractivity contribution < 1.29 is 23.5 Å². The Labute approximate surface area is 120 Å². The number of hydrogen-bond acceptors (Lipinski definition) is 4. The first-order chi connectivity index (χ1) is 8.87. The minimum Gasteiger partial charge on any atom is -0.467 e. The number of ether oxygens (including phenoxy) is 2. The summed E-state index contributed by atoms with van der Waals surface area (Å²) in [5.74, 6) is -0.581. The largest absolute Gasteiger partial charge is 0.467 e. The van der Waals surface area contributed by atoms with Crippen molar-refractivity contribution >= 4 is 12.1 Å². The monoisotopic (exact) mass is 291 g/mol. The van der Waals surface area contributed by atoms with Gasteiger partial charge >= 0.3 is 12.1 Å². The first-order valence-electron chi connectivity index (χ1n) is 6.60. The molecule has 0 unspecified atom stereocenters. The summed E-state index contributed by atoms with van der Waals surface area (Å²) in [5, 5.41) is 0. The zero-order valence-corrected chi connectivity index (χ0v) is 13.4. The van der Waals surface area contributed by atoms with Gasteiger partial charge in [-0.15, -0.1) is 0 Å². The second kappa shape index (κ2) is 6.90. The molecule has 0 saturated heterocycles. The lowest BCUT2D eigenvalue weighted by Crippen LogP contribution is -2.45. The van der Waals surface area contributed by atoms with Crippen molar-refractivity contribution in [1.82, 2.24) is 4.90 Å². The summed E-state index contributed by atoms with van der Waals surface area (Å²) in [5.41, 5.74) is -2.08. The number of carbonyl (C=O) groups is 2. The minimum absolute atomic E-state index is 0.139. The van der Waals surface area contributed by atoms with Gasteiger partial charge in [-0.25, -0.2) is 14.0 Å². The number of amides is 1. The van der Waals surface area contributed by atoms with Crippen molar-refractivity contribution in [2.75, 3.05) is 14.2 Å². The normalized spacial score (nSPS) is 13.6. The molecule has 0 bridgehead atoms. The molecule has 1 atom stereocenters. The van der Waals surface area contributed by atoms with Crippen LogP contribution >= 0.6 is 0 Å². The molecular formula is C14H26FNO4. The summed E-state index contributed by atoms with van der Waals surface area (Å²) in [4.78, 5) is 24.8. The fraction of sp³-hybridized carbons (Fsp3) is 0.857. The number of hydrogen-bond donors (Lipinski definition) is 0. The first kappa shape index (κ1) is 18.7. The topological polar surface area (TPSA) is 55.8 Å². The molecular weight excluding hydrogens is 265 g/mol. The maximum absolute atomic E-state index is 13.6. The van der Waals surface area contributed by atoms with Gasteiger partial charge < -0.3 is 9.47 Å². The Morgan fingerprint density at radius 2 is 1.70 bits per heavy atom. The van der Waals surface area contributed by atoms with Gasteiger partial charge in [0.05, 0.1) is 7.11 Å². The number of alkyl halides is 1. The molecule has 0 aromatic carbocycles. The Hall–Kier alpha value is -1.33. The van der Waals surface area contributed by atoms with Crippen molar-refractivity contribution in [3.63, 3.8) is 0 Å². The average Bonchev–Trinajstić information content (AvgIpc) is 2.24. The van der Waals surface area contributed by atoms with Crippen LogP contribution in [0, 0.1) is 0 Å². The average molecular weight is 291 g/mol. The maximum Gasteiger partial charge on any atom is 0.410 e. The van der Waals surface area contributed by atoms with Crippen LogP contribution in [0.4, 0.5) is 9.18 Å². The second-order valence-corrected chi connectivity index (χ2v) is 6.39. The van der Waals surface area contributed by atoms with E-state index in [1.165, 1.54) is 28.0 Å². The highest BCUT2D eigenvalue weighted by atomic mass is 19.1. The van der Waals surface area contributed by atoms with Crippen LogP contribution in [-0.4, -0.2) is 48.4 Å². The fourth-order valence-electron chi connectivity index (χ4n) is 1.55. The molecule has 0 radical (unpaired) electrons. The van der Waals surface area contributed by atoms with Gasteiger partial charge in [-0.2, -0.15) is 0 Å². The molecule has 0 fully saturated rings. The Balaban J connectivity index is 4.85. The van der Waals surface area contributed by atoms with Crippen LogP contribution in [0.3, 0.4) is 0 Å². The number of esters is 1. The van der Waals surface area contributed by atoms with Crippen molar-refractivity contribution in [3.8, 4) is 0 Å². The van der Waals surface area contributed by atoms with E-state index in [0.717, 1.165) is 4.90 Å². The number of methoxy groups -OCH3 is 1. The SMILES string of the molecule is COC(=O)[C@H](CCC(C)(C)F)N(C)C(=O)OC(C)(C)C. The lowest BCUT2D eigenvalue weighted by atomic mass is 10.0. The van der Waals surface area contributed by atoms with Gasteiger partial charge in [0.15, 0.2) is 0 Å². The Bertz CT molecular complexity index is 344. The van der Waals surface area contributed by atoms with Crippen molar-refractivity contribution in [3.05, 3.63) is 0 Å². The van der Waals surface area contributed by atoms with Crippen molar-refractivity contribution in [1.29, 1.82) is 0 Å². The molecule has 0 aliphatic carbocycles. The van der Waals surface area contributed by atoms with E-state index in [9.17, 15) is 14.0 Å². The van der Waals surface area contributed by atoms with E-state index in [1.54, 1.807) is 20.8 Å².